The number of benzene rings is 1. The lowest BCUT2D eigenvalue weighted by Crippen LogP contribution is -2.41. The highest BCUT2D eigenvalue weighted by molar-refractivity contribution is 7.89. The van der Waals surface area contributed by atoms with Crippen molar-refractivity contribution in [1.29, 1.82) is 0 Å². The second-order valence-corrected chi connectivity index (χ2v) is 9.87. The molecule has 2 aromatic rings. The van der Waals surface area contributed by atoms with Gasteiger partial charge in [0.1, 0.15) is 10.6 Å². The molecule has 0 spiro atoms. The van der Waals surface area contributed by atoms with Crippen LogP contribution in [0, 0.1) is 19.8 Å². The highest BCUT2D eigenvalue weighted by Crippen LogP contribution is 2.32. The van der Waals surface area contributed by atoms with Crippen molar-refractivity contribution in [2.75, 3.05) is 36.4 Å². The Hall–Kier alpha value is -2.39. The fraction of sp³-hybridized carbons (Fsp3) is 0.524. The minimum absolute atomic E-state index is 0.0506. The fourth-order valence-electron chi connectivity index (χ4n) is 4.43. The number of piperidine rings is 1. The van der Waals surface area contributed by atoms with Crippen molar-refractivity contribution in [3.8, 4) is 0 Å². The van der Waals surface area contributed by atoms with Gasteiger partial charge >= 0.3 is 0 Å². The molecule has 1 amide bonds. The first-order valence-corrected chi connectivity index (χ1v) is 11.9. The number of fused-ring (bicyclic) bond motifs is 1. The minimum Gasteiger partial charge on any atom is -0.371 e. The van der Waals surface area contributed by atoms with E-state index in [1.807, 2.05) is 12.1 Å². The molecule has 0 unspecified atom stereocenters. The van der Waals surface area contributed by atoms with Gasteiger partial charge in [-0.05, 0) is 57.7 Å². The third-order valence-corrected chi connectivity index (χ3v) is 8.26. The Bertz CT molecular complexity index is 1040. The number of carbonyl (C=O) groups excluding carboxylic acids is 1. The Balaban J connectivity index is 1.39. The van der Waals surface area contributed by atoms with Gasteiger partial charge in [0.15, 0.2) is 5.76 Å². The summed E-state index contributed by atoms with van der Waals surface area (Å²) in [4.78, 5) is 15.2. The summed E-state index contributed by atoms with van der Waals surface area (Å²) >= 11 is 0. The zero-order valence-corrected chi connectivity index (χ0v) is 18.5. The summed E-state index contributed by atoms with van der Waals surface area (Å²) in [5, 5.41) is 6.78. The SMILES string of the molecule is CCN1CCc2ccc(NC(=O)C3CCN(S(=O)(=O)c4c(C)noc4C)CC3)cc21. The van der Waals surface area contributed by atoms with Crippen LogP contribution in [0.1, 0.15) is 36.8 Å². The molecular formula is C21H28N4O4S. The maximum atomic E-state index is 12.9. The molecule has 4 rings (SSSR count). The summed E-state index contributed by atoms with van der Waals surface area (Å²) in [7, 11) is -3.66. The Labute approximate surface area is 177 Å². The van der Waals surface area contributed by atoms with Gasteiger partial charge in [-0.1, -0.05) is 11.2 Å². The van der Waals surface area contributed by atoms with Crippen LogP contribution < -0.4 is 10.2 Å². The van der Waals surface area contributed by atoms with E-state index in [0.29, 0.717) is 37.4 Å². The van der Waals surface area contributed by atoms with Crippen LogP contribution in [0.5, 0.6) is 0 Å². The van der Waals surface area contributed by atoms with Gasteiger partial charge in [0.25, 0.3) is 0 Å². The maximum absolute atomic E-state index is 12.9. The van der Waals surface area contributed by atoms with Crippen molar-refractivity contribution in [2.24, 2.45) is 5.92 Å². The molecule has 0 aliphatic carbocycles. The van der Waals surface area contributed by atoms with Crippen LogP contribution in [-0.2, 0) is 21.2 Å². The molecule has 8 nitrogen and oxygen atoms in total. The number of hydrogen-bond donors (Lipinski definition) is 1. The zero-order valence-electron chi connectivity index (χ0n) is 17.6. The largest absolute Gasteiger partial charge is 0.371 e. The first kappa shape index (κ1) is 20.9. The number of likely N-dealkylation sites (N-methyl/N-ethyl adjacent to an activating group) is 1. The molecular weight excluding hydrogens is 404 g/mol. The molecule has 0 bridgehead atoms. The third-order valence-electron chi connectivity index (χ3n) is 6.12. The summed E-state index contributed by atoms with van der Waals surface area (Å²) < 4.78 is 32.3. The lowest BCUT2D eigenvalue weighted by atomic mass is 9.97. The van der Waals surface area contributed by atoms with Gasteiger partial charge in [-0.3, -0.25) is 4.79 Å². The molecule has 3 heterocycles. The molecule has 30 heavy (non-hydrogen) atoms. The normalized spacial score (nSPS) is 17.9. The topological polar surface area (TPSA) is 95.8 Å². The third kappa shape index (κ3) is 3.72. The first-order valence-electron chi connectivity index (χ1n) is 10.4. The second-order valence-electron chi connectivity index (χ2n) is 7.99. The van der Waals surface area contributed by atoms with E-state index in [4.69, 9.17) is 4.52 Å². The summed E-state index contributed by atoms with van der Waals surface area (Å²) in [6, 6.07) is 6.08. The number of rotatable bonds is 5. The number of nitrogens with zero attached hydrogens (tertiary/aromatic N) is 3. The first-order chi connectivity index (χ1) is 14.3. The highest BCUT2D eigenvalue weighted by Gasteiger charge is 2.35. The molecule has 2 aliphatic rings. The van der Waals surface area contributed by atoms with Crippen molar-refractivity contribution in [1.82, 2.24) is 9.46 Å². The standard InChI is InChI=1S/C21H28N4O4S/c1-4-24-10-7-16-5-6-18(13-19(16)24)22-21(26)17-8-11-25(12-9-17)30(27,28)20-14(2)23-29-15(20)3/h5-6,13,17H,4,7-12H2,1-3H3,(H,22,26). The Morgan fingerprint density at radius 3 is 2.60 bits per heavy atom. The lowest BCUT2D eigenvalue weighted by Gasteiger charge is -2.30. The fourth-order valence-corrected chi connectivity index (χ4v) is 6.19. The number of aromatic nitrogens is 1. The average Bonchev–Trinajstić information content (AvgIpc) is 3.30. The summed E-state index contributed by atoms with van der Waals surface area (Å²) in [6.07, 6.45) is 2.01. The maximum Gasteiger partial charge on any atom is 0.248 e. The molecule has 2 aliphatic heterocycles. The quantitative estimate of drug-likeness (QED) is 0.781. The Kier molecular flexibility index (Phi) is 5.59. The predicted molar refractivity (Wildman–Crippen MR) is 114 cm³/mol. The molecule has 1 fully saturated rings. The monoisotopic (exact) mass is 432 g/mol. The molecule has 1 aromatic carbocycles. The number of carbonyl (C=O) groups is 1. The van der Waals surface area contributed by atoms with Crippen molar-refractivity contribution < 1.29 is 17.7 Å². The summed E-state index contributed by atoms with van der Waals surface area (Å²) in [5.41, 5.74) is 3.67. The van der Waals surface area contributed by atoms with Gasteiger partial charge in [0.05, 0.1) is 0 Å². The van der Waals surface area contributed by atoms with Crippen molar-refractivity contribution in [3.05, 3.63) is 35.2 Å². The van der Waals surface area contributed by atoms with Crippen molar-refractivity contribution >= 4 is 27.3 Å². The summed E-state index contributed by atoms with van der Waals surface area (Å²) in [5.74, 6) is 0.0344. The van der Waals surface area contributed by atoms with E-state index in [9.17, 15) is 13.2 Å². The van der Waals surface area contributed by atoms with Gasteiger partial charge in [-0.15, -0.1) is 0 Å². The highest BCUT2D eigenvalue weighted by atomic mass is 32.2. The van der Waals surface area contributed by atoms with E-state index in [1.54, 1.807) is 13.8 Å². The van der Waals surface area contributed by atoms with E-state index in [1.165, 1.54) is 15.6 Å². The van der Waals surface area contributed by atoms with Crippen LogP contribution in [0.3, 0.4) is 0 Å². The van der Waals surface area contributed by atoms with Crippen LogP contribution >= 0.6 is 0 Å². The number of sulfonamides is 1. The predicted octanol–water partition coefficient (Wildman–Crippen LogP) is 2.71. The Morgan fingerprint density at radius 2 is 1.97 bits per heavy atom. The smallest absolute Gasteiger partial charge is 0.248 e. The van der Waals surface area contributed by atoms with Crippen LogP contribution in [0.2, 0.25) is 0 Å². The number of nitrogens with one attached hydrogen (secondary N) is 1. The Morgan fingerprint density at radius 1 is 1.23 bits per heavy atom. The average molecular weight is 433 g/mol. The van der Waals surface area contributed by atoms with E-state index >= 15 is 0 Å². The molecule has 162 valence electrons. The van der Waals surface area contributed by atoms with Gasteiger partial charge in [0.2, 0.25) is 15.9 Å². The minimum atomic E-state index is -3.66. The van der Waals surface area contributed by atoms with Crippen molar-refractivity contribution in [2.45, 2.75) is 44.9 Å². The zero-order chi connectivity index (χ0) is 21.5. The van der Waals surface area contributed by atoms with E-state index in [-0.39, 0.29) is 16.7 Å². The van der Waals surface area contributed by atoms with E-state index in [2.05, 4.69) is 28.4 Å². The van der Waals surface area contributed by atoms with Gasteiger partial charge in [-0.25, -0.2) is 8.42 Å². The lowest BCUT2D eigenvalue weighted by molar-refractivity contribution is -0.120. The van der Waals surface area contributed by atoms with E-state index in [0.717, 1.165) is 25.2 Å². The molecule has 1 aromatic heterocycles. The molecule has 9 heteroatoms. The van der Waals surface area contributed by atoms with Crippen LogP contribution in [0.25, 0.3) is 0 Å². The molecule has 0 saturated carbocycles. The van der Waals surface area contributed by atoms with Gasteiger partial charge in [0, 0.05) is 43.5 Å². The van der Waals surface area contributed by atoms with Crippen LogP contribution in [-0.4, -0.2) is 50.0 Å². The number of hydrogen-bond acceptors (Lipinski definition) is 6. The molecule has 1 N–H and O–H groups in total. The van der Waals surface area contributed by atoms with E-state index < -0.39 is 10.0 Å². The number of aryl methyl sites for hydroxylation is 2. The van der Waals surface area contributed by atoms with Crippen LogP contribution in [0.4, 0.5) is 11.4 Å². The molecule has 0 atom stereocenters. The number of amides is 1. The van der Waals surface area contributed by atoms with Crippen molar-refractivity contribution in [3.63, 3.8) is 0 Å². The van der Waals surface area contributed by atoms with Gasteiger partial charge in [-0.2, -0.15) is 4.31 Å². The number of anilines is 2. The molecule has 0 radical (unpaired) electrons. The second kappa shape index (κ2) is 8.03. The molecule has 1 saturated heterocycles. The summed E-state index contributed by atoms with van der Waals surface area (Å²) in [6.45, 7) is 7.92. The van der Waals surface area contributed by atoms with Crippen LogP contribution in [0.15, 0.2) is 27.6 Å². The van der Waals surface area contributed by atoms with Gasteiger partial charge < -0.3 is 14.7 Å².